The summed E-state index contributed by atoms with van der Waals surface area (Å²) in [5, 5.41) is 0. The number of pyridine rings is 1. The van der Waals surface area contributed by atoms with E-state index < -0.39 is 5.83 Å². The lowest BCUT2D eigenvalue weighted by atomic mass is 10.1. The maximum absolute atomic E-state index is 13.4. The molecule has 142 valence electrons. The van der Waals surface area contributed by atoms with Gasteiger partial charge in [-0.3, -0.25) is 9.36 Å². The zero-order valence-corrected chi connectivity index (χ0v) is 16.1. The summed E-state index contributed by atoms with van der Waals surface area (Å²) < 4.78 is 25.8. The third-order valence-corrected chi connectivity index (χ3v) is 4.09. The van der Waals surface area contributed by atoms with Crippen LogP contribution < -0.4 is 15.0 Å². The fourth-order valence-electron chi connectivity index (χ4n) is 2.69. The number of methoxy groups -OCH3 is 1. The maximum Gasteiger partial charge on any atom is 0.258 e. The Balaban J connectivity index is 2.60. The molecule has 0 amide bonds. The summed E-state index contributed by atoms with van der Waals surface area (Å²) in [6.45, 7) is 9.62. The monoisotopic (exact) mass is 369 g/mol. The van der Waals surface area contributed by atoms with E-state index in [1.807, 2.05) is 39.0 Å². The first-order valence-electron chi connectivity index (χ1n) is 8.62. The van der Waals surface area contributed by atoms with E-state index in [1.54, 1.807) is 16.8 Å². The normalized spacial score (nSPS) is 12.0. The van der Waals surface area contributed by atoms with E-state index in [2.05, 4.69) is 6.58 Å². The van der Waals surface area contributed by atoms with Crippen molar-refractivity contribution in [2.24, 2.45) is 0 Å². The van der Waals surface area contributed by atoms with Crippen molar-refractivity contribution in [1.82, 2.24) is 4.57 Å². The Morgan fingerprint density at radius 1 is 1.30 bits per heavy atom. The molecule has 0 saturated carbocycles. The van der Waals surface area contributed by atoms with Gasteiger partial charge in [0.25, 0.3) is 5.56 Å². The molecule has 4 nitrogen and oxygen atoms in total. The second kappa shape index (κ2) is 9.03. The number of nitrogens with zero attached hydrogens (tertiary/aromatic N) is 1. The molecule has 0 atom stereocenters. The van der Waals surface area contributed by atoms with Gasteiger partial charge < -0.3 is 9.47 Å². The van der Waals surface area contributed by atoms with Gasteiger partial charge in [0.05, 0.1) is 19.4 Å². The molecule has 0 unspecified atom stereocenters. The molecular weight excluding hydrogens is 345 g/mol. The number of aryl methyl sites for hydroxylation is 1. The molecule has 2 rings (SSSR count). The molecule has 1 aromatic heterocycles. The molecule has 0 fully saturated rings. The highest BCUT2D eigenvalue weighted by Gasteiger charge is 2.12. The molecule has 0 aliphatic carbocycles. The zero-order chi connectivity index (χ0) is 20.0. The first kappa shape index (κ1) is 20.2. The van der Waals surface area contributed by atoms with Gasteiger partial charge in [-0.25, -0.2) is 4.39 Å². The molecule has 0 spiro atoms. The first-order chi connectivity index (χ1) is 12.9. The highest BCUT2D eigenvalue weighted by molar-refractivity contribution is 5.70. The predicted octanol–water partition coefficient (Wildman–Crippen LogP) is 5.00. The van der Waals surface area contributed by atoms with E-state index in [1.165, 1.54) is 19.3 Å². The van der Waals surface area contributed by atoms with Gasteiger partial charge in [-0.15, -0.1) is 0 Å². The lowest BCUT2D eigenvalue weighted by Crippen LogP contribution is -2.19. The van der Waals surface area contributed by atoms with Gasteiger partial charge in [0.1, 0.15) is 17.3 Å². The summed E-state index contributed by atoms with van der Waals surface area (Å²) in [5.74, 6) is 0.742. The van der Waals surface area contributed by atoms with Crippen LogP contribution in [-0.2, 0) is 0 Å². The van der Waals surface area contributed by atoms with E-state index in [0.717, 1.165) is 28.6 Å². The Kier molecular flexibility index (Phi) is 6.77. The van der Waals surface area contributed by atoms with Crippen LogP contribution in [0.15, 0.2) is 65.9 Å². The summed E-state index contributed by atoms with van der Waals surface area (Å²) in [7, 11) is 1.50. The molecule has 0 radical (unpaired) electrons. The molecular formula is C22H24FNO3. The molecule has 0 N–H and O–H groups in total. The number of hydrogen-bond acceptors (Lipinski definition) is 3. The van der Waals surface area contributed by atoms with E-state index in [4.69, 9.17) is 9.47 Å². The molecule has 2 aromatic rings. The number of rotatable bonds is 7. The molecule has 5 heteroatoms. The van der Waals surface area contributed by atoms with Crippen molar-refractivity contribution in [2.45, 2.75) is 20.8 Å². The van der Waals surface area contributed by atoms with Crippen molar-refractivity contribution in [3.05, 3.63) is 82.6 Å². The second-order valence-corrected chi connectivity index (χ2v) is 5.95. The molecule has 0 aliphatic heterocycles. The molecule has 27 heavy (non-hydrogen) atoms. The number of aromatic nitrogens is 1. The average molecular weight is 369 g/mol. The van der Waals surface area contributed by atoms with Crippen LogP contribution in [0.5, 0.6) is 11.5 Å². The fraction of sp³-hybridized carbons (Fsp3) is 0.227. The largest absolute Gasteiger partial charge is 0.496 e. The van der Waals surface area contributed by atoms with Gasteiger partial charge in [0.2, 0.25) is 0 Å². The molecule has 0 bridgehead atoms. The van der Waals surface area contributed by atoms with Crippen LogP contribution in [0.2, 0.25) is 0 Å². The van der Waals surface area contributed by atoms with Crippen molar-refractivity contribution in [3.8, 4) is 17.2 Å². The Labute approximate surface area is 158 Å². The van der Waals surface area contributed by atoms with Gasteiger partial charge >= 0.3 is 0 Å². The number of benzene rings is 1. The van der Waals surface area contributed by atoms with E-state index >= 15 is 0 Å². The standard InChI is InChI=1S/C22H24FNO3/c1-6-17(23)9-8-15(3)19-14-24(22(25)13-21(19)26-5)20-11-10-18(27-7-2)12-16(20)4/h6,8-14H,1,7H2,2-5H3/b15-8+,17-9+. The SMILES string of the molecule is C=C/C(F)=C\C=C(/C)c1cn(-c2ccc(OCC)cc2C)c(=O)cc1OC. The highest BCUT2D eigenvalue weighted by atomic mass is 19.1. The Bertz CT molecular complexity index is 955. The molecule has 0 aliphatic rings. The third kappa shape index (κ3) is 4.76. The lowest BCUT2D eigenvalue weighted by Gasteiger charge is -2.15. The van der Waals surface area contributed by atoms with E-state index in [-0.39, 0.29) is 5.56 Å². The van der Waals surface area contributed by atoms with Crippen molar-refractivity contribution >= 4 is 5.57 Å². The number of halogens is 1. The summed E-state index contributed by atoms with van der Waals surface area (Å²) in [4.78, 5) is 12.6. The fourth-order valence-corrected chi connectivity index (χ4v) is 2.69. The summed E-state index contributed by atoms with van der Waals surface area (Å²) in [5.41, 5.74) is 2.87. The van der Waals surface area contributed by atoms with E-state index in [9.17, 15) is 9.18 Å². The predicted molar refractivity (Wildman–Crippen MR) is 108 cm³/mol. The van der Waals surface area contributed by atoms with Crippen molar-refractivity contribution < 1.29 is 13.9 Å². The van der Waals surface area contributed by atoms with Gasteiger partial charge in [0.15, 0.2) is 0 Å². The van der Waals surface area contributed by atoms with E-state index in [0.29, 0.717) is 17.9 Å². The van der Waals surface area contributed by atoms with Crippen LogP contribution in [0.1, 0.15) is 25.0 Å². The Morgan fingerprint density at radius 2 is 2.04 bits per heavy atom. The van der Waals surface area contributed by atoms with Gasteiger partial charge in [-0.05, 0) is 62.3 Å². The van der Waals surface area contributed by atoms with Gasteiger partial charge in [-0.1, -0.05) is 12.7 Å². The number of hydrogen-bond donors (Lipinski definition) is 0. The zero-order valence-electron chi connectivity index (χ0n) is 16.1. The minimum Gasteiger partial charge on any atom is -0.496 e. The minimum absolute atomic E-state index is 0.219. The Hall–Kier alpha value is -3.08. The smallest absolute Gasteiger partial charge is 0.258 e. The van der Waals surface area contributed by atoms with Crippen LogP contribution >= 0.6 is 0 Å². The summed E-state index contributed by atoms with van der Waals surface area (Å²) in [6.07, 6.45) is 5.77. The first-order valence-corrected chi connectivity index (χ1v) is 8.62. The molecule has 0 saturated heterocycles. The van der Waals surface area contributed by atoms with Gasteiger partial charge in [-0.2, -0.15) is 0 Å². The van der Waals surface area contributed by atoms with Crippen molar-refractivity contribution in [2.75, 3.05) is 13.7 Å². The van der Waals surface area contributed by atoms with Crippen LogP contribution in [0.4, 0.5) is 4.39 Å². The van der Waals surface area contributed by atoms with Crippen molar-refractivity contribution in [3.63, 3.8) is 0 Å². The minimum atomic E-state index is -0.441. The Morgan fingerprint density at radius 3 is 2.63 bits per heavy atom. The maximum atomic E-state index is 13.4. The highest BCUT2D eigenvalue weighted by Crippen LogP contribution is 2.27. The number of ether oxygens (including phenoxy) is 2. The second-order valence-electron chi connectivity index (χ2n) is 5.95. The average Bonchev–Trinajstić information content (AvgIpc) is 2.66. The molecule has 1 heterocycles. The van der Waals surface area contributed by atoms with Crippen LogP contribution in [0.25, 0.3) is 11.3 Å². The molecule has 1 aromatic carbocycles. The van der Waals surface area contributed by atoms with Crippen LogP contribution in [0, 0.1) is 6.92 Å². The van der Waals surface area contributed by atoms with Crippen LogP contribution in [-0.4, -0.2) is 18.3 Å². The quantitative estimate of drug-likeness (QED) is 0.645. The third-order valence-electron chi connectivity index (χ3n) is 4.09. The van der Waals surface area contributed by atoms with Gasteiger partial charge in [0, 0.05) is 17.8 Å². The number of allylic oxidation sites excluding steroid dienone is 5. The summed E-state index contributed by atoms with van der Waals surface area (Å²) >= 11 is 0. The van der Waals surface area contributed by atoms with Crippen LogP contribution in [0.3, 0.4) is 0 Å². The summed E-state index contributed by atoms with van der Waals surface area (Å²) in [6, 6.07) is 6.98. The lowest BCUT2D eigenvalue weighted by molar-refractivity contribution is 0.340. The van der Waals surface area contributed by atoms with Crippen molar-refractivity contribution in [1.29, 1.82) is 0 Å². The topological polar surface area (TPSA) is 40.5 Å².